The van der Waals surface area contributed by atoms with Gasteiger partial charge < -0.3 is 10.6 Å². The summed E-state index contributed by atoms with van der Waals surface area (Å²) in [6.07, 6.45) is 1.69. The number of pyridine rings is 1. The van der Waals surface area contributed by atoms with E-state index in [4.69, 9.17) is 0 Å². The zero-order valence-corrected chi connectivity index (χ0v) is 13.1. The highest BCUT2D eigenvalue weighted by Crippen LogP contribution is 2.16. The molecule has 1 aromatic heterocycles. The van der Waals surface area contributed by atoms with Crippen LogP contribution >= 0.6 is 24.8 Å². The van der Waals surface area contributed by atoms with Crippen molar-refractivity contribution in [1.82, 2.24) is 10.3 Å². The smallest absolute Gasteiger partial charge is 0.228 e. The first kappa shape index (κ1) is 18.6. The zero-order chi connectivity index (χ0) is 13.0. The highest BCUT2D eigenvalue weighted by atomic mass is 35.5. The van der Waals surface area contributed by atoms with Crippen molar-refractivity contribution in [2.45, 2.75) is 6.92 Å². The van der Waals surface area contributed by atoms with Gasteiger partial charge in [-0.05, 0) is 19.2 Å². The van der Waals surface area contributed by atoms with E-state index in [-0.39, 0.29) is 36.6 Å². The van der Waals surface area contributed by atoms with Crippen LogP contribution in [0.5, 0.6) is 0 Å². The maximum Gasteiger partial charge on any atom is 0.228 e. The number of nitrogens with one attached hydrogen (secondary N) is 2. The van der Waals surface area contributed by atoms with Crippen molar-refractivity contribution in [1.29, 1.82) is 0 Å². The average Bonchev–Trinajstić information content (AvgIpc) is 2.39. The van der Waals surface area contributed by atoms with Gasteiger partial charge in [0.15, 0.2) is 0 Å². The Balaban J connectivity index is 0.00000180. The van der Waals surface area contributed by atoms with Crippen molar-refractivity contribution in [3.63, 3.8) is 0 Å². The molecule has 0 saturated heterocycles. The first-order chi connectivity index (χ1) is 8.70. The van der Waals surface area contributed by atoms with E-state index in [0.29, 0.717) is 6.54 Å². The molecular weight excluding hydrogens is 297 g/mol. The summed E-state index contributed by atoms with van der Waals surface area (Å²) in [6.45, 7) is 2.55. The molecule has 1 unspecified atom stereocenters. The van der Waals surface area contributed by atoms with E-state index in [1.807, 2.05) is 44.3 Å². The molecule has 1 atom stereocenters. The molecule has 1 amide bonds. The normalized spacial score (nSPS) is 11.1. The minimum atomic E-state index is -0.0681. The van der Waals surface area contributed by atoms with Crippen LogP contribution in [-0.4, -0.2) is 24.5 Å². The average molecular weight is 316 g/mol. The standard InChI is InChI=1S/C14H17N3O.2ClH/c1-10(8-15-2)14(18)17-12-7-11-5-3-4-6-13(11)16-9-12;;/h3-7,9-10,15H,8H2,1-2H3,(H,17,18);2*1H. The van der Waals surface area contributed by atoms with E-state index in [0.717, 1.165) is 16.6 Å². The van der Waals surface area contributed by atoms with Crippen LogP contribution in [0.2, 0.25) is 0 Å². The largest absolute Gasteiger partial charge is 0.324 e. The van der Waals surface area contributed by atoms with Gasteiger partial charge in [-0.15, -0.1) is 24.8 Å². The molecule has 2 aromatic rings. The van der Waals surface area contributed by atoms with Gasteiger partial charge in [0.05, 0.1) is 17.4 Å². The van der Waals surface area contributed by atoms with Gasteiger partial charge in [0.2, 0.25) is 5.91 Å². The molecule has 0 aliphatic heterocycles. The van der Waals surface area contributed by atoms with E-state index in [9.17, 15) is 4.79 Å². The summed E-state index contributed by atoms with van der Waals surface area (Å²) >= 11 is 0. The Morgan fingerprint density at radius 2 is 2.00 bits per heavy atom. The Labute approximate surface area is 131 Å². The van der Waals surface area contributed by atoms with Crippen LogP contribution in [0, 0.1) is 5.92 Å². The lowest BCUT2D eigenvalue weighted by Gasteiger charge is -2.11. The van der Waals surface area contributed by atoms with Crippen LogP contribution in [0.4, 0.5) is 5.69 Å². The maximum atomic E-state index is 11.9. The van der Waals surface area contributed by atoms with Gasteiger partial charge in [0.1, 0.15) is 0 Å². The summed E-state index contributed by atoms with van der Waals surface area (Å²) in [7, 11) is 1.83. The SMILES string of the molecule is CNCC(C)C(=O)Nc1cnc2ccccc2c1.Cl.Cl. The fourth-order valence-electron chi connectivity index (χ4n) is 1.80. The molecule has 0 aliphatic rings. The molecule has 4 nitrogen and oxygen atoms in total. The van der Waals surface area contributed by atoms with Gasteiger partial charge in [0.25, 0.3) is 0 Å². The number of carbonyl (C=O) groups excluding carboxylic acids is 1. The molecule has 20 heavy (non-hydrogen) atoms. The number of amides is 1. The highest BCUT2D eigenvalue weighted by molar-refractivity contribution is 5.94. The number of para-hydroxylation sites is 1. The fraction of sp³-hybridized carbons (Fsp3) is 0.286. The molecule has 0 fully saturated rings. The van der Waals surface area contributed by atoms with E-state index in [1.165, 1.54) is 0 Å². The van der Waals surface area contributed by atoms with Gasteiger partial charge in [-0.25, -0.2) is 0 Å². The van der Waals surface area contributed by atoms with Crippen molar-refractivity contribution in [2.24, 2.45) is 5.92 Å². The second kappa shape index (κ2) is 8.74. The number of rotatable bonds is 4. The first-order valence-electron chi connectivity index (χ1n) is 6.01. The van der Waals surface area contributed by atoms with E-state index in [2.05, 4.69) is 15.6 Å². The molecule has 0 aliphatic carbocycles. The number of benzene rings is 1. The van der Waals surface area contributed by atoms with Gasteiger partial charge in [-0.1, -0.05) is 25.1 Å². The molecule has 0 bridgehead atoms. The molecule has 2 rings (SSSR count). The summed E-state index contributed by atoms with van der Waals surface area (Å²) < 4.78 is 0. The van der Waals surface area contributed by atoms with Crippen LogP contribution in [-0.2, 0) is 4.79 Å². The number of hydrogen-bond acceptors (Lipinski definition) is 3. The van der Waals surface area contributed by atoms with E-state index < -0.39 is 0 Å². The molecule has 1 aromatic carbocycles. The number of halogens is 2. The lowest BCUT2D eigenvalue weighted by molar-refractivity contribution is -0.119. The molecular formula is C14H19Cl2N3O. The zero-order valence-electron chi connectivity index (χ0n) is 11.4. The molecule has 2 N–H and O–H groups in total. The third-order valence-electron chi connectivity index (χ3n) is 2.82. The summed E-state index contributed by atoms with van der Waals surface area (Å²) in [6, 6.07) is 9.77. The lowest BCUT2D eigenvalue weighted by atomic mass is 10.1. The predicted molar refractivity (Wildman–Crippen MR) is 88.0 cm³/mol. The Hall–Kier alpha value is -1.36. The third kappa shape index (κ3) is 4.63. The summed E-state index contributed by atoms with van der Waals surface area (Å²) in [5.74, 6) is -0.0668. The number of hydrogen-bond donors (Lipinski definition) is 2. The molecule has 0 spiro atoms. The first-order valence-corrected chi connectivity index (χ1v) is 6.01. The van der Waals surface area contributed by atoms with E-state index >= 15 is 0 Å². The number of aromatic nitrogens is 1. The van der Waals surface area contributed by atoms with Crippen LogP contribution in [0.25, 0.3) is 10.9 Å². The summed E-state index contributed by atoms with van der Waals surface area (Å²) in [5.41, 5.74) is 1.67. The Morgan fingerprint density at radius 1 is 1.30 bits per heavy atom. The second-order valence-corrected chi connectivity index (χ2v) is 4.36. The molecule has 1 heterocycles. The molecule has 110 valence electrons. The number of anilines is 1. The lowest BCUT2D eigenvalue weighted by Crippen LogP contribution is -2.28. The summed E-state index contributed by atoms with van der Waals surface area (Å²) in [4.78, 5) is 16.2. The number of nitrogens with zero attached hydrogens (tertiary/aromatic N) is 1. The number of carbonyl (C=O) groups is 1. The second-order valence-electron chi connectivity index (χ2n) is 4.36. The van der Waals surface area contributed by atoms with Crippen LogP contribution in [0.1, 0.15) is 6.92 Å². The fourth-order valence-corrected chi connectivity index (χ4v) is 1.80. The van der Waals surface area contributed by atoms with Gasteiger partial charge in [-0.3, -0.25) is 9.78 Å². The molecule has 0 radical (unpaired) electrons. The van der Waals surface area contributed by atoms with Crippen LogP contribution in [0.15, 0.2) is 36.5 Å². The predicted octanol–water partition coefficient (Wildman–Crippen LogP) is 2.87. The van der Waals surface area contributed by atoms with Crippen molar-refractivity contribution in [3.8, 4) is 0 Å². The molecule has 6 heteroatoms. The van der Waals surface area contributed by atoms with Crippen molar-refractivity contribution in [2.75, 3.05) is 18.9 Å². The minimum absolute atomic E-state index is 0. The van der Waals surface area contributed by atoms with Crippen molar-refractivity contribution < 1.29 is 4.79 Å². The highest BCUT2D eigenvalue weighted by Gasteiger charge is 2.12. The van der Waals surface area contributed by atoms with Crippen LogP contribution < -0.4 is 10.6 Å². The molecule has 0 saturated carbocycles. The Kier molecular flexibility index (Phi) is 8.15. The maximum absolute atomic E-state index is 11.9. The third-order valence-corrected chi connectivity index (χ3v) is 2.82. The van der Waals surface area contributed by atoms with Crippen LogP contribution in [0.3, 0.4) is 0 Å². The Bertz CT molecular complexity index is 563. The van der Waals surface area contributed by atoms with Crippen molar-refractivity contribution in [3.05, 3.63) is 36.5 Å². The topological polar surface area (TPSA) is 54.0 Å². The van der Waals surface area contributed by atoms with E-state index in [1.54, 1.807) is 6.20 Å². The Morgan fingerprint density at radius 3 is 2.70 bits per heavy atom. The summed E-state index contributed by atoms with van der Waals surface area (Å²) in [5, 5.41) is 6.89. The van der Waals surface area contributed by atoms with Crippen molar-refractivity contribution >= 4 is 47.3 Å². The van der Waals surface area contributed by atoms with Gasteiger partial charge >= 0.3 is 0 Å². The number of fused-ring (bicyclic) bond motifs is 1. The quantitative estimate of drug-likeness (QED) is 0.912. The van der Waals surface area contributed by atoms with Gasteiger partial charge in [0, 0.05) is 17.8 Å². The minimum Gasteiger partial charge on any atom is -0.324 e. The monoisotopic (exact) mass is 315 g/mol. The van der Waals surface area contributed by atoms with Gasteiger partial charge in [-0.2, -0.15) is 0 Å².